The van der Waals surface area contributed by atoms with Crippen LogP contribution in [-0.2, 0) is 4.79 Å². The van der Waals surface area contributed by atoms with Gasteiger partial charge < -0.3 is 10.8 Å². The Kier molecular flexibility index (Phi) is 4.89. The van der Waals surface area contributed by atoms with Crippen LogP contribution in [0.1, 0.15) is 0 Å². The predicted octanol–water partition coefficient (Wildman–Crippen LogP) is 1.44. The fraction of sp³-hybridized carbons (Fsp3) is 0.167. The Morgan fingerprint density at radius 2 is 2.27 bits per heavy atom. The summed E-state index contributed by atoms with van der Waals surface area (Å²) in [6.07, 6.45) is 2.89. The Bertz CT molecular complexity index is 201. The molecule has 0 saturated heterocycles. The van der Waals surface area contributed by atoms with E-state index in [0.717, 1.165) is 18.0 Å². The lowest BCUT2D eigenvalue weighted by Gasteiger charge is -2.00. The van der Waals surface area contributed by atoms with E-state index in [-0.39, 0.29) is 4.91 Å². The number of carbonyl (C=O) groups is 1. The summed E-state index contributed by atoms with van der Waals surface area (Å²) in [6, 6.07) is 0. The zero-order valence-electron chi connectivity index (χ0n) is 6.03. The van der Waals surface area contributed by atoms with Gasteiger partial charge in [-0.3, -0.25) is 0 Å². The lowest BCUT2D eigenvalue weighted by Crippen LogP contribution is -1.99. The molecule has 0 spiro atoms. The minimum Gasteiger partial charge on any atom is -0.477 e. The van der Waals surface area contributed by atoms with E-state index in [9.17, 15) is 4.79 Å². The van der Waals surface area contributed by atoms with E-state index < -0.39 is 5.97 Å². The maximum absolute atomic E-state index is 10.4. The number of carboxylic acid groups (broad SMARTS) is 1. The first kappa shape index (κ1) is 10.4. The quantitative estimate of drug-likeness (QED) is 0.658. The van der Waals surface area contributed by atoms with Gasteiger partial charge in [0, 0.05) is 10.4 Å². The predicted molar refractivity (Wildman–Crippen MR) is 50.2 cm³/mol. The maximum Gasteiger partial charge on any atom is 0.344 e. The van der Waals surface area contributed by atoms with Crippen LogP contribution in [0.25, 0.3) is 0 Å². The molecule has 0 amide bonds. The van der Waals surface area contributed by atoms with Crippen LogP contribution >= 0.6 is 23.5 Å². The Morgan fingerprint density at radius 3 is 2.55 bits per heavy atom. The molecule has 0 heterocycles. The third-order valence-electron chi connectivity index (χ3n) is 0.814. The second kappa shape index (κ2) is 5.15. The van der Waals surface area contributed by atoms with Gasteiger partial charge in [-0.1, -0.05) is 18.3 Å². The van der Waals surface area contributed by atoms with Gasteiger partial charge in [0.25, 0.3) is 0 Å². The monoisotopic (exact) mass is 191 g/mol. The molecule has 0 bridgehead atoms. The fourth-order valence-corrected chi connectivity index (χ4v) is 1.32. The fourth-order valence-electron chi connectivity index (χ4n) is 0.313. The van der Waals surface area contributed by atoms with E-state index in [0.29, 0.717) is 4.24 Å². The third-order valence-corrected chi connectivity index (χ3v) is 2.78. The molecule has 62 valence electrons. The van der Waals surface area contributed by atoms with Crippen molar-refractivity contribution in [3.8, 4) is 0 Å². The van der Waals surface area contributed by atoms with E-state index >= 15 is 0 Å². The molecule has 0 aliphatic heterocycles. The van der Waals surface area contributed by atoms with Crippen molar-refractivity contribution in [3.05, 3.63) is 21.9 Å². The van der Waals surface area contributed by atoms with Gasteiger partial charge in [0.15, 0.2) is 0 Å². The van der Waals surface area contributed by atoms with Gasteiger partial charge in [-0.25, -0.2) is 4.79 Å². The number of carboxylic acids is 1. The average molecular weight is 191 g/mol. The second-order valence-electron chi connectivity index (χ2n) is 1.51. The van der Waals surface area contributed by atoms with E-state index in [4.69, 9.17) is 10.8 Å². The SMILES string of the molecule is C=C(SC)S/C(=C\N)C(=O)O. The minimum absolute atomic E-state index is 0.101. The number of rotatable bonds is 4. The van der Waals surface area contributed by atoms with Crippen LogP contribution in [0.2, 0.25) is 0 Å². The summed E-state index contributed by atoms with van der Waals surface area (Å²) < 4.78 is 0.712. The van der Waals surface area contributed by atoms with Crippen LogP contribution in [0.3, 0.4) is 0 Å². The Labute approximate surface area is 73.7 Å². The number of nitrogens with two attached hydrogens (primary N) is 1. The van der Waals surface area contributed by atoms with Crippen molar-refractivity contribution in [2.45, 2.75) is 0 Å². The number of hydrogen-bond donors (Lipinski definition) is 2. The lowest BCUT2D eigenvalue weighted by atomic mass is 10.6. The molecule has 5 heteroatoms. The van der Waals surface area contributed by atoms with Gasteiger partial charge in [0.2, 0.25) is 0 Å². The summed E-state index contributed by atoms with van der Waals surface area (Å²) in [5.74, 6) is -1.02. The molecule has 3 N–H and O–H groups in total. The molecule has 0 saturated carbocycles. The number of aliphatic carboxylic acids is 1. The summed E-state index contributed by atoms with van der Waals surface area (Å²) in [7, 11) is 0. The van der Waals surface area contributed by atoms with Crippen LogP contribution in [0, 0.1) is 0 Å². The first-order valence-electron chi connectivity index (χ1n) is 2.67. The smallest absolute Gasteiger partial charge is 0.344 e. The zero-order chi connectivity index (χ0) is 8.85. The van der Waals surface area contributed by atoms with Crippen LogP contribution < -0.4 is 5.73 Å². The normalized spacial score (nSPS) is 11.2. The molecule has 0 aromatic carbocycles. The van der Waals surface area contributed by atoms with Crippen LogP contribution in [-0.4, -0.2) is 17.3 Å². The van der Waals surface area contributed by atoms with Crippen molar-refractivity contribution in [3.63, 3.8) is 0 Å². The van der Waals surface area contributed by atoms with E-state index in [2.05, 4.69) is 6.58 Å². The van der Waals surface area contributed by atoms with Crippen molar-refractivity contribution in [1.82, 2.24) is 0 Å². The highest BCUT2D eigenvalue weighted by Gasteiger charge is 2.07. The van der Waals surface area contributed by atoms with Crippen LogP contribution in [0.5, 0.6) is 0 Å². The summed E-state index contributed by atoms with van der Waals surface area (Å²) in [5, 5.41) is 8.50. The average Bonchev–Trinajstić information content (AvgIpc) is 1.99. The molecular formula is C6H9NO2S2. The molecule has 0 rings (SSSR count). The molecule has 0 radical (unpaired) electrons. The highest BCUT2D eigenvalue weighted by Crippen LogP contribution is 2.30. The second-order valence-corrected chi connectivity index (χ2v) is 3.81. The molecule has 3 nitrogen and oxygen atoms in total. The Hall–Kier alpha value is -0.550. The zero-order valence-corrected chi connectivity index (χ0v) is 7.67. The summed E-state index contributed by atoms with van der Waals surface area (Å²) in [4.78, 5) is 10.5. The van der Waals surface area contributed by atoms with Gasteiger partial charge in [-0.2, -0.15) is 0 Å². The van der Waals surface area contributed by atoms with Crippen molar-refractivity contribution in [1.29, 1.82) is 0 Å². The summed E-state index contributed by atoms with van der Waals surface area (Å²) >= 11 is 2.45. The molecular weight excluding hydrogens is 182 g/mol. The summed E-state index contributed by atoms with van der Waals surface area (Å²) in [5.41, 5.74) is 5.06. The van der Waals surface area contributed by atoms with Gasteiger partial charge in [-0.15, -0.1) is 11.8 Å². The highest BCUT2D eigenvalue weighted by atomic mass is 32.2. The van der Waals surface area contributed by atoms with E-state index in [1.165, 1.54) is 11.8 Å². The molecule has 11 heavy (non-hydrogen) atoms. The van der Waals surface area contributed by atoms with Crippen LogP contribution in [0.15, 0.2) is 21.9 Å². The van der Waals surface area contributed by atoms with Crippen LogP contribution in [0.4, 0.5) is 0 Å². The van der Waals surface area contributed by atoms with Crippen molar-refractivity contribution in [2.75, 3.05) is 6.26 Å². The van der Waals surface area contributed by atoms with E-state index in [1.807, 2.05) is 6.26 Å². The summed E-state index contributed by atoms with van der Waals surface area (Å²) in [6.45, 7) is 3.61. The standard InChI is InChI=1S/C6H9NO2S2/c1-4(10-2)11-5(3-7)6(8)9/h3H,1,7H2,2H3,(H,8,9)/b5-3-. The number of hydrogen-bond acceptors (Lipinski definition) is 4. The topological polar surface area (TPSA) is 63.3 Å². The maximum atomic E-state index is 10.4. The first-order valence-corrected chi connectivity index (χ1v) is 4.72. The van der Waals surface area contributed by atoms with Gasteiger partial charge in [0.05, 0.1) is 0 Å². The van der Waals surface area contributed by atoms with Crippen molar-refractivity contribution < 1.29 is 9.90 Å². The molecule has 0 aliphatic rings. The molecule has 0 aromatic heterocycles. The molecule has 0 fully saturated rings. The lowest BCUT2D eigenvalue weighted by molar-refractivity contribution is -0.131. The van der Waals surface area contributed by atoms with Gasteiger partial charge >= 0.3 is 5.97 Å². The molecule has 0 aliphatic carbocycles. The van der Waals surface area contributed by atoms with Crippen molar-refractivity contribution >= 4 is 29.5 Å². The van der Waals surface area contributed by atoms with Gasteiger partial charge in [-0.05, 0) is 6.26 Å². The molecule has 0 unspecified atom stereocenters. The first-order chi connectivity index (χ1) is 5.11. The van der Waals surface area contributed by atoms with Gasteiger partial charge in [0.1, 0.15) is 4.91 Å². The largest absolute Gasteiger partial charge is 0.477 e. The number of thioether (sulfide) groups is 2. The minimum atomic E-state index is -1.02. The molecule has 0 aromatic rings. The molecule has 0 atom stereocenters. The highest BCUT2D eigenvalue weighted by molar-refractivity contribution is 8.24. The Balaban J connectivity index is 4.12. The van der Waals surface area contributed by atoms with E-state index in [1.54, 1.807) is 0 Å². The third kappa shape index (κ3) is 4.00. The Morgan fingerprint density at radius 1 is 1.73 bits per heavy atom. The van der Waals surface area contributed by atoms with Crippen molar-refractivity contribution in [2.24, 2.45) is 5.73 Å².